The molecule has 1 fully saturated rings. The van der Waals surface area contributed by atoms with Gasteiger partial charge in [-0.1, -0.05) is 46.0 Å². The van der Waals surface area contributed by atoms with E-state index >= 15 is 0 Å². The number of carbonyl (C=O) groups excluding carboxylic acids is 2. The van der Waals surface area contributed by atoms with Crippen molar-refractivity contribution in [3.05, 3.63) is 0 Å². The number of nitrogens with one attached hydrogen (secondary N) is 1. The van der Waals surface area contributed by atoms with Crippen molar-refractivity contribution in [1.29, 1.82) is 0 Å². The van der Waals surface area contributed by atoms with Gasteiger partial charge in [-0.15, -0.1) is 0 Å². The Balaban J connectivity index is 2.51. The molecule has 0 aromatic heterocycles. The molecule has 0 radical (unpaired) electrons. The Morgan fingerprint density at radius 2 is 1.72 bits per heavy atom. The minimum absolute atomic E-state index is 0.0440. The molecule has 1 rings (SSSR count). The van der Waals surface area contributed by atoms with Crippen LogP contribution < -0.4 is 5.32 Å². The van der Waals surface area contributed by atoms with Crippen LogP contribution in [0.3, 0.4) is 0 Å². The van der Waals surface area contributed by atoms with E-state index in [1.54, 1.807) is 0 Å². The zero-order valence-corrected chi connectivity index (χ0v) is 11.9. The average Bonchev–Trinajstić information content (AvgIpc) is 2.55. The monoisotopic (exact) mass is 254 g/mol. The lowest BCUT2D eigenvalue weighted by Crippen LogP contribution is -2.43. The average molecular weight is 254 g/mol. The summed E-state index contributed by atoms with van der Waals surface area (Å²) < 4.78 is 0. The molecule has 0 spiro atoms. The van der Waals surface area contributed by atoms with Gasteiger partial charge in [0.2, 0.25) is 0 Å². The molecule has 3 amide bonds. The molecule has 1 heterocycles. The van der Waals surface area contributed by atoms with Crippen LogP contribution in [-0.4, -0.2) is 28.9 Å². The van der Waals surface area contributed by atoms with Crippen LogP contribution in [0.15, 0.2) is 0 Å². The second-order valence-electron chi connectivity index (χ2n) is 5.38. The predicted octanol–water partition coefficient (Wildman–Crippen LogP) is 3.07. The van der Waals surface area contributed by atoms with Gasteiger partial charge in [-0.25, -0.2) is 4.79 Å². The number of carbonyl (C=O) groups is 2. The highest BCUT2D eigenvalue weighted by atomic mass is 16.2. The second kappa shape index (κ2) is 6.76. The van der Waals surface area contributed by atoms with Crippen molar-refractivity contribution in [1.82, 2.24) is 10.2 Å². The summed E-state index contributed by atoms with van der Waals surface area (Å²) in [6, 6.07) is -0.216. The molecule has 1 saturated heterocycles. The topological polar surface area (TPSA) is 49.4 Å². The molecule has 1 atom stereocenters. The summed E-state index contributed by atoms with van der Waals surface area (Å²) in [7, 11) is 0. The van der Waals surface area contributed by atoms with Crippen LogP contribution in [-0.2, 0) is 4.79 Å². The lowest BCUT2D eigenvalue weighted by molar-refractivity contribution is -0.131. The fraction of sp³-hybridized carbons (Fsp3) is 0.857. The first-order valence-corrected chi connectivity index (χ1v) is 7.19. The summed E-state index contributed by atoms with van der Waals surface area (Å²) in [5, 5.41) is 2.85. The Labute approximate surface area is 110 Å². The fourth-order valence-electron chi connectivity index (χ4n) is 2.34. The van der Waals surface area contributed by atoms with E-state index in [4.69, 9.17) is 0 Å². The molecule has 4 nitrogen and oxygen atoms in total. The van der Waals surface area contributed by atoms with Crippen LogP contribution >= 0.6 is 0 Å². The quantitative estimate of drug-likeness (QED) is 0.534. The zero-order chi connectivity index (χ0) is 13.6. The van der Waals surface area contributed by atoms with Crippen molar-refractivity contribution in [3.63, 3.8) is 0 Å². The van der Waals surface area contributed by atoms with E-state index in [1.807, 2.05) is 6.92 Å². The Bertz CT molecular complexity index is 304. The van der Waals surface area contributed by atoms with Gasteiger partial charge in [-0.2, -0.15) is 0 Å². The molecular formula is C14H26N2O2. The highest BCUT2D eigenvalue weighted by molar-refractivity contribution is 6.06. The molecule has 0 aromatic rings. The third-order valence-electron chi connectivity index (χ3n) is 3.61. The summed E-state index contributed by atoms with van der Waals surface area (Å²) in [5.41, 5.74) is -0.668. The molecule has 0 aromatic carbocycles. The minimum Gasteiger partial charge on any atom is -0.323 e. The SMILES string of the molecule is CCCCCCC1(C)NC(=O)N(CCCC)C1=O. The van der Waals surface area contributed by atoms with Crippen molar-refractivity contribution in [3.8, 4) is 0 Å². The zero-order valence-electron chi connectivity index (χ0n) is 11.9. The first kappa shape index (κ1) is 15.0. The minimum atomic E-state index is -0.668. The lowest BCUT2D eigenvalue weighted by Gasteiger charge is -2.21. The lowest BCUT2D eigenvalue weighted by atomic mass is 9.94. The third-order valence-corrected chi connectivity index (χ3v) is 3.61. The van der Waals surface area contributed by atoms with E-state index in [0.717, 1.165) is 32.1 Å². The molecular weight excluding hydrogens is 228 g/mol. The first-order chi connectivity index (χ1) is 8.55. The molecule has 0 bridgehead atoms. The number of rotatable bonds is 8. The summed E-state index contributed by atoms with van der Waals surface area (Å²) in [4.78, 5) is 25.4. The van der Waals surface area contributed by atoms with E-state index in [0.29, 0.717) is 6.54 Å². The molecule has 0 saturated carbocycles. The van der Waals surface area contributed by atoms with Gasteiger partial charge in [-0.3, -0.25) is 9.69 Å². The number of hydrogen-bond donors (Lipinski definition) is 1. The van der Waals surface area contributed by atoms with Gasteiger partial charge in [0.25, 0.3) is 5.91 Å². The summed E-state index contributed by atoms with van der Waals surface area (Å²) in [6.45, 7) is 6.62. The number of imide groups is 1. The van der Waals surface area contributed by atoms with Crippen LogP contribution in [0.1, 0.15) is 65.7 Å². The number of hydrogen-bond acceptors (Lipinski definition) is 2. The second-order valence-corrected chi connectivity index (χ2v) is 5.38. The first-order valence-electron chi connectivity index (χ1n) is 7.19. The standard InChI is InChI=1S/C14H26N2O2/c1-4-6-8-9-10-14(3)12(17)16(11-7-5-2)13(18)15-14/h4-11H2,1-3H3,(H,15,18). The third kappa shape index (κ3) is 3.47. The molecule has 104 valence electrons. The van der Waals surface area contributed by atoms with Crippen LogP contribution in [0, 0.1) is 0 Å². The van der Waals surface area contributed by atoms with E-state index in [9.17, 15) is 9.59 Å². The van der Waals surface area contributed by atoms with Crippen molar-refractivity contribution in [2.45, 2.75) is 71.3 Å². The largest absolute Gasteiger partial charge is 0.325 e. The Morgan fingerprint density at radius 1 is 1.06 bits per heavy atom. The van der Waals surface area contributed by atoms with Gasteiger partial charge in [0, 0.05) is 6.54 Å². The van der Waals surface area contributed by atoms with Crippen LogP contribution in [0.2, 0.25) is 0 Å². The van der Waals surface area contributed by atoms with E-state index in [2.05, 4.69) is 19.2 Å². The highest BCUT2D eigenvalue weighted by Gasteiger charge is 2.46. The van der Waals surface area contributed by atoms with Gasteiger partial charge in [0.15, 0.2) is 0 Å². The summed E-state index contributed by atoms with van der Waals surface area (Å²) >= 11 is 0. The number of unbranched alkanes of at least 4 members (excludes halogenated alkanes) is 4. The Morgan fingerprint density at radius 3 is 2.33 bits per heavy atom. The summed E-state index contributed by atoms with van der Waals surface area (Å²) in [6.07, 6.45) is 7.12. The maximum absolute atomic E-state index is 12.2. The van der Waals surface area contributed by atoms with Gasteiger partial charge in [-0.05, 0) is 19.8 Å². The predicted molar refractivity (Wildman–Crippen MR) is 72.3 cm³/mol. The number of amides is 3. The smallest absolute Gasteiger partial charge is 0.323 e. The molecule has 4 heteroatoms. The molecule has 1 aliphatic heterocycles. The molecule has 1 N–H and O–H groups in total. The molecule has 0 aliphatic carbocycles. The highest BCUT2D eigenvalue weighted by Crippen LogP contribution is 2.24. The van der Waals surface area contributed by atoms with Crippen molar-refractivity contribution in [2.24, 2.45) is 0 Å². The maximum Gasteiger partial charge on any atom is 0.325 e. The molecule has 18 heavy (non-hydrogen) atoms. The van der Waals surface area contributed by atoms with Crippen molar-refractivity contribution in [2.75, 3.05) is 6.54 Å². The normalized spacial score (nSPS) is 23.6. The van der Waals surface area contributed by atoms with Crippen molar-refractivity contribution >= 4 is 11.9 Å². The maximum atomic E-state index is 12.2. The van der Waals surface area contributed by atoms with Crippen LogP contribution in [0.25, 0.3) is 0 Å². The van der Waals surface area contributed by atoms with Gasteiger partial charge in [0.1, 0.15) is 5.54 Å². The van der Waals surface area contributed by atoms with Gasteiger partial charge >= 0.3 is 6.03 Å². The van der Waals surface area contributed by atoms with Crippen LogP contribution in [0.4, 0.5) is 4.79 Å². The summed E-state index contributed by atoms with van der Waals surface area (Å²) in [5.74, 6) is -0.0440. The molecule has 1 unspecified atom stereocenters. The van der Waals surface area contributed by atoms with Gasteiger partial charge in [0.05, 0.1) is 0 Å². The number of nitrogens with zero attached hydrogens (tertiary/aromatic N) is 1. The number of urea groups is 1. The van der Waals surface area contributed by atoms with Crippen LogP contribution in [0.5, 0.6) is 0 Å². The van der Waals surface area contributed by atoms with E-state index in [1.165, 1.54) is 17.7 Å². The fourth-order valence-corrected chi connectivity index (χ4v) is 2.34. The van der Waals surface area contributed by atoms with E-state index < -0.39 is 5.54 Å². The Kier molecular flexibility index (Phi) is 5.63. The Hall–Kier alpha value is -1.06. The molecule has 1 aliphatic rings. The van der Waals surface area contributed by atoms with Crippen molar-refractivity contribution < 1.29 is 9.59 Å². The van der Waals surface area contributed by atoms with Gasteiger partial charge < -0.3 is 5.32 Å². The van der Waals surface area contributed by atoms with E-state index in [-0.39, 0.29) is 11.9 Å².